The topological polar surface area (TPSA) is 91.6 Å². The van der Waals surface area contributed by atoms with Crippen LogP contribution in [0.5, 0.6) is 0 Å². The third-order valence-corrected chi connectivity index (χ3v) is 6.01. The average molecular weight is 432 g/mol. The standard InChI is InChI=1S/C21H26ClN5O3/c1-13(2)21(30)27-11-16(28)10-17(27)20-24-23-18-12-25(7-8-26(18)20)19(29)9-14-3-5-15(22)6-4-14/h3-6,13,16-17,28H,7-12H2,1-2H3/t16-,17+/m1/s1. The van der Waals surface area contributed by atoms with Crippen molar-refractivity contribution in [3.8, 4) is 0 Å². The van der Waals surface area contributed by atoms with E-state index in [1.807, 2.05) is 30.5 Å². The lowest BCUT2D eigenvalue weighted by molar-refractivity contribution is -0.135. The second-order valence-electron chi connectivity index (χ2n) is 8.30. The predicted molar refractivity (Wildman–Crippen MR) is 111 cm³/mol. The van der Waals surface area contributed by atoms with Crippen molar-refractivity contribution in [1.29, 1.82) is 0 Å². The predicted octanol–water partition coefficient (Wildman–Crippen LogP) is 1.81. The van der Waals surface area contributed by atoms with Crippen LogP contribution in [0.4, 0.5) is 0 Å². The maximum Gasteiger partial charge on any atom is 0.227 e. The van der Waals surface area contributed by atoms with Gasteiger partial charge in [-0.25, -0.2) is 0 Å². The first-order valence-corrected chi connectivity index (χ1v) is 10.6. The molecule has 30 heavy (non-hydrogen) atoms. The minimum absolute atomic E-state index is 0.00415. The van der Waals surface area contributed by atoms with Crippen LogP contribution >= 0.6 is 11.6 Å². The number of carbonyl (C=O) groups is 2. The van der Waals surface area contributed by atoms with Gasteiger partial charge in [0.1, 0.15) is 0 Å². The van der Waals surface area contributed by atoms with E-state index in [1.54, 1.807) is 21.9 Å². The van der Waals surface area contributed by atoms with Crippen LogP contribution in [0.3, 0.4) is 0 Å². The molecule has 2 atom stereocenters. The molecule has 0 spiro atoms. The fourth-order valence-electron chi connectivity index (χ4n) is 4.16. The van der Waals surface area contributed by atoms with Crippen LogP contribution in [0, 0.1) is 5.92 Å². The quantitative estimate of drug-likeness (QED) is 0.797. The van der Waals surface area contributed by atoms with Gasteiger partial charge in [0, 0.05) is 37.0 Å². The molecule has 9 heteroatoms. The van der Waals surface area contributed by atoms with Crippen LogP contribution in [-0.4, -0.2) is 60.7 Å². The van der Waals surface area contributed by atoms with Gasteiger partial charge in [-0.15, -0.1) is 10.2 Å². The summed E-state index contributed by atoms with van der Waals surface area (Å²) in [4.78, 5) is 28.8. The van der Waals surface area contributed by atoms with E-state index in [1.165, 1.54) is 0 Å². The van der Waals surface area contributed by atoms with E-state index in [-0.39, 0.29) is 23.8 Å². The molecular formula is C21H26ClN5O3. The van der Waals surface area contributed by atoms with Gasteiger partial charge < -0.3 is 19.5 Å². The fraction of sp³-hybridized carbons (Fsp3) is 0.524. The van der Waals surface area contributed by atoms with Gasteiger partial charge >= 0.3 is 0 Å². The van der Waals surface area contributed by atoms with Crippen LogP contribution in [0.1, 0.15) is 43.5 Å². The number of aromatic nitrogens is 3. The number of amides is 2. The van der Waals surface area contributed by atoms with Crippen LogP contribution in [0.2, 0.25) is 5.02 Å². The van der Waals surface area contributed by atoms with Gasteiger partial charge in [0.15, 0.2) is 11.6 Å². The van der Waals surface area contributed by atoms with Crippen molar-refractivity contribution in [1.82, 2.24) is 24.6 Å². The Balaban J connectivity index is 1.48. The summed E-state index contributed by atoms with van der Waals surface area (Å²) in [5.41, 5.74) is 0.917. The Morgan fingerprint density at radius 2 is 1.93 bits per heavy atom. The number of likely N-dealkylation sites (tertiary alicyclic amines) is 1. The fourth-order valence-corrected chi connectivity index (χ4v) is 4.29. The molecule has 0 saturated carbocycles. The molecule has 3 heterocycles. The Labute approximate surface area is 180 Å². The molecule has 2 aliphatic heterocycles. The number of hydrogen-bond donors (Lipinski definition) is 1. The smallest absolute Gasteiger partial charge is 0.227 e. The highest BCUT2D eigenvalue weighted by Gasteiger charge is 2.40. The Bertz CT molecular complexity index is 943. The first-order valence-electron chi connectivity index (χ1n) is 10.3. The Hall–Kier alpha value is -2.45. The largest absolute Gasteiger partial charge is 0.391 e. The summed E-state index contributed by atoms with van der Waals surface area (Å²) < 4.78 is 2.00. The number of rotatable bonds is 4. The first-order chi connectivity index (χ1) is 14.3. The van der Waals surface area contributed by atoms with E-state index in [0.29, 0.717) is 55.7 Å². The normalized spacial score (nSPS) is 21.2. The van der Waals surface area contributed by atoms with E-state index in [9.17, 15) is 14.7 Å². The average Bonchev–Trinajstić information content (AvgIpc) is 3.31. The number of aliphatic hydroxyl groups is 1. The zero-order valence-electron chi connectivity index (χ0n) is 17.2. The number of benzene rings is 1. The molecular weight excluding hydrogens is 406 g/mol. The molecule has 0 radical (unpaired) electrons. The SMILES string of the molecule is CC(C)C(=O)N1C[C@H](O)C[C@H]1c1nnc2n1CCN(C(=O)Cc1ccc(Cl)cc1)C2. The molecule has 1 aromatic carbocycles. The van der Waals surface area contributed by atoms with Crippen LogP contribution < -0.4 is 0 Å². The molecule has 2 aliphatic rings. The Kier molecular flexibility index (Phi) is 5.79. The number of carbonyl (C=O) groups excluding carboxylic acids is 2. The van der Waals surface area contributed by atoms with Gasteiger partial charge in [-0.3, -0.25) is 9.59 Å². The van der Waals surface area contributed by atoms with Crippen molar-refractivity contribution >= 4 is 23.4 Å². The minimum atomic E-state index is -0.563. The Morgan fingerprint density at radius 1 is 1.20 bits per heavy atom. The van der Waals surface area contributed by atoms with E-state index >= 15 is 0 Å². The summed E-state index contributed by atoms with van der Waals surface area (Å²) in [6.07, 6.45) is 0.200. The van der Waals surface area contributed by atoms with Crippen LogP contribution in [0.25, 0.3) is 0 Å². The van der Waals surface area contributed by atoms with Crippen LogP contribution in [-0.2, 0) is 29.1 Å². The molecule has 0 aliphatic carbocycles. The van der Waals surface area contributed by atoms with Gasteiger partial charge in [0.05, 0.1) is 25.1 Å². The zero-order valence-corrected chi connectivity index (χ0v) is 17.9. The number of aliphatic hydroxyl groups excluding tert-OH is 1. The summed E-state index contributed by atoms with van der Waals surface area (Å²) >= 11 is 5.91. The van der Waals surface area contributed by atoms with Gasteiger partial charge in [0.2, 0.25) is 11.8 Å². The number of halogens is 1. The molecule has 2 amide bonds. The molecule has 0 bridgehead atoms. The molecule has 1 N–H and O–H groups in total. The van der Waals surface area contributed by atoms with Crippen molar-refractivity contribution in [3.05, 3.63) is 46.5 Å². The molecule has 1 saturated heterocycles. The van der Waals surface area contributed by atoms with E-state index in [0.717, 1.165) is 5.56 Å². The van der Waals surface area contributed by atoms with E-state index < -0.39 is 6.10 Å². The second kappa shape index (κ2) is 8.35. The first kappa shape index (κ1) is 20.8. The van der Waals surface area contributed by atoms with Crippen molar-refractivity contribution in [2.75, 3.05) is 13.1 Å². The number of nitrogens with zero attached hydrogens (tertiary/aromatic N) is 5. The second-order valence-corrected chi connectivity index (χ2v) is 8.73. The lowest BCUT2D eigenvalue weighted by atomic mass is 10.1. The van der Waals surface area contributed by atoms with Crippen molar-refractivity contribution in [3.63, 3.8) is 0 Å². The zero-order chi connectivity index (χ0) is 21.4. The molecule has 1 aromatic heterocycles. The molecule has 4 rings (SSSR count). The van der Waals surface area contributed by atoms with Gasteiger partial charge in [-0.05, 0) is 17.7 Å². The number of fused-ring (bicyclic) bond motifs is 1. The summed E-state index contributed by atoms with van der Waals surface area (Å²) in [5.74, 6) is 1.28. The maximum absolute atomic E-state index is 12.7. The summed E-state index contributed by atoms with van der Waals surface area (Å²) in [5, 5.41) is 19.5. The highest BCUT2D eigenvalue weighted by molar-refractivity contribution is 6.30. The highest BCUT2D eigenvalue weighted by atomic mass is 35.5. The molecule has 0 unspecified atom stereocenters. The third kappa shape index (κ3) is 4.06. The highest BCUT2D eigenvalue weighted by Crippen LogP contribution is 2.33. The molecule has 160 valence electrons. The monoisotopic (exact) mass is 431 g/mol. The lowest BCUT2D eigenvalue weighted by Crippen LogP contribution is -2.40. The summed E-state index contributed by atoms with van der Waals surface area (Å²) in [6, 6.07) is 6.99. The number of β-amino-alcohol motifs (C(OH)–C–C–N with tert-alkyl or cyclic N) is 1. The summed E-state index contributed by atoms with van der Waals surface area (Å²) in [6.45, 7) is 5.53. The van der Waals surface area contributed by atoms with Crippen molar-refractivity contribution < 1.29 is 14.7 Å². The van der Waals surface area contributed by atoms with Gasteiger partial charge in [0.25, 0.3) is 0 Å². The third-order valence-electron chi connectivity index (χ3n) is 5.76. The summed E-state index contributed by atoms with van der Waals surface area (Å²) in [7, 11) is 0. The van der Waals surface area contributed by atoms with Gasteiger partial charge in [-0.2, -0.15) is 0 Å². The number of hydrogen-bond acceptors (Lipinski definition) is 5. The Morgan fingerprint density at radius 3 is 2.63 bits per heavy atom. The van der Waals surface area contributed by atoms with E-state index in [2.05, 4.69) is 10.2 Å². The molecule has 1 fully saturated rings. The van der Waals surface area contributed by atoms with Gasteiger partial charge in [-0.1, -0.05) is 37.6 Å². The van der Waals surface area contributed by atoms with Crippen LogP contribution in [0.15, 0.2) is 24.3 Å². The van der Waals surface area contributed by atoms with Crippen molar-refractivity contribution in [2.24, 2.45) is 5.92 Å². The molecule has 8 nitrogen and oxygen atoms in total. The maximum atomic E-state index is 12.7. The van der Waals surface area contributed by atoms with Crippen molar-refractivity contribution in [2.45, 2.75) is 51.9 Å². The molecule has 2 aromatic rings. The lowest BCUT2D eigenvalue weighted by Gasteiger charge is -2.30. The minimum Gasteiger partial charge on any atom is -0.391 e. The van der Waals surface area contributed by atoms with E-state index in [4.69, 9.17) is 11.6 Å².